The van der Waals surface area contributed by atoms with E-state index in [0.717, 1.165) is 17.5 Å². The number of benzene rings is 1. The van der Waals surface area contributed by atoms with E-state index in [1.807, 2.05) is 6.07 Å². The van der Waals surface area contributed by atoms with E-state index >= 15 is 0 Å². The Morgan fingerprint density at radius 3 is 2.83 bits per heavy atom. The third kappa shape index (κ3) is 1.03. The molecular formula is C9H9NO2. The highest BCUT2D eigenvalue weighted by Gasteiger charge is 2.16. The lowest BCUT2D eigenvalue weighted by molar-refractivity contribution is -0.118. The summed E-state index contributed by atoms with van der Waals surface area (Å²) in [5.74, 6) is 0.265. The molecule has 0 saturated carbocycles. The van der Waals surface area contributed by atoms with Crippen LogP contribution in [0.5, 0.6) is 5.75 Å². The predicted octanol–water partition coefficient (Wildman–Crippen LogP) is 0.864. The lowest BCUT2D eigenvalue weighted by atomic mass is 10.1. The van der Waals surface area contributed by atoms with Crippen LogP contribution in [0.3, 0.4) is 0 Å². The molecule has 0 radical (unpaired) electrons. The van der Waals surface area contributed by atoms with E-state index < -0.39 is 0 Å². The Balaban J connectivity index is 2.35. The quantitative estimate of drug-likeness (QED) is 0.624. The van der Waals surface area contributed by atoms with Gasteiger partial charge < -0.3 is 10.0 Å². The first kappa shape index (κ1) is 7.16. The minimum atomic E-state index is 0.265. The van der Waals surface area contributed by atoms with Crippen molar-refractivity contribution >= 4 is 6.41 Å². The van der Waals surface area contributed by atoms with Crippen LogP contribution in [0.15, 0.2) is 18.2 Å². The number of aromatic hydroxyl groups is 1. The van der Waals surface area contributed by atoms with Crippen molar-refractivity contribution < 1.29 is 9.90 Å². The topological polar surface area (TPSA) is 40.5 Å². The molecule has 1 aliphatic heterocycles. The Bertz CT molecular complexity index is 322. The number of fused-ring (bicyclic) bond motifs is 1. The second kappa shape index (κ2) is 2.52. The molecule has 0 aliphatic carbocycles. The molecule has 0 bridgehead atoms. The van der Waals surface area contributed by atoms with Crippen LogP contribution in [0.25, 0.3) is 0 Å². The maximum absolute atomic E-state index is 10.4. The minimum Gasteiger partial charge on any atom is -0.508 e. The number of rotatable bonds is 1. The van der Waals surface area contributed by atoms with Gasteiger partial charge in [0.2, 0.25) is 6.41 Å². The summed E-state index contributed by atoms with van der Waals surface area (Å²) in [7, 11) is 0. The van der Waals surface area contributed by atoms with Crippen LogP contribution in [0, 0.1) is 0 Å². The molecule has 1 heterocycles. The molecule has 0 unspecified atom stereocenters. The monoisotopic (exact) mass is 163 g/mol. The molecule has 1 aromatic carbocycles. The van der Waals surface area contributed by atoms with Gasteiger partial charge in [0.15, 0.2) is 0 Å². The van der Waals surface area contributed by atoms with Gasteiger partial charge in [-0.1, -0.05) is 6.07 Å². The van der Waals surface area contributed by atoms with Crippen LogP contribution in [0.1, 0.15) is 11.1 Å². The fourth-order valence-electron chi connectivity index (χ4n) is 1.48. The van der Waals surface area contributed by atoms with Crippen LogP contribution in [-0.2, 0) is 17.9 Å². The average Bonchev–Trinajstić information content (AvgIpc) is 2.46. The molecule has 3 heteroatoms. The van der Waals surface area contributed by atoms with Crippen molar-refractivity contribution in [1.29, 1.82) is 0 Å². The average molecular weight is 163 g/mol. The number of carbonyl (C=O) groups excluding carboxylic acids is 1. The van der Waals surface area contributed by atoms with E-state index in [9.17, 15) is 4.79 Å². The van der Waals surface area contributed by atoms with Gasteiger partial charge in [0, 0.05) is 13.1 Å². The molecule has 3 nitrogen and oxygen atoms in total. The highest BCUT2D eigenvalue weighted by atomic mass is 16.3. The van der Waals surface area contributed by atoms with E-state index in [1.165, 1.54) is 0 Å². The summed E-state index contributed by atoms with van der Waals surface area (Å²) >= 11 is 0. The standard InChI is InChI=1S/C9H9NO2/c11-6-10-4-7-1-2-9(12)3-8(7)5-10/h1-3,6,12H,4-5H2. The molecule has 0 aromatic heterocycles. The molecular weight excluding hydrogens is 154 g/mol. The summed E-state index contributed by atoms with van der Waals surface area (Å²) in [6.07, 6.45) is 0.830. The zero-order valence-electron chi connectivity index (χ0n) is 6.53. The van der Waals surface area contributed by atoms with Crippen molar-refractivity contribution in [3.63, 3.8) is 0 Å². The number of hydrogen-bond acceptors (Lipinski definition) is 2. The van der Waals surface area contributed by atoms with Gasteiger partial charge in [0.1, 0.15) is 5.75 Å². The fourth-order valence-corrected chi connectivity index (χ4v) is 1.48. The van der Waals surface area contributed by atoms with Gasteiger partial charge in [-0.15, -0.1) is 0 Å². The molecule has 12 heavy (non-hydrogen) atoms. The van der Waals surface area contributed by atoms with E-state index in [1.54, 1.807) is 17.0 Å². The summed E-state index contributed by atoms with van der Waals surface area (Å²) < 4.78 is 0. The maximum Gasteiger partial charge on any atom is 0.210 e. The van der Waals surface area contributed by atoms with Crippen molar-refractivity contribution in [3.8, 4) is 5.75 Å². The van der Waals surface area contributed by atoms with Gasteiger partial charge in [-0.3, -0.25) is 4.79 Å². The van der Waals surface area contributed by atoms with Crippen molar-refractivity contribution in [2.45, 2.75) is 13.1 Å². The molecule has 1 aromatic rings. The first-order valence-corrected chi connectivity index (χ1v) is 3.80. The Morgan fingerprint density at radius 2 is 2.08 bits per heavy atom. The molecule has 0 spiro atoms. The number of nitrogens with zero attached hydrogens (tertiary/aromatic N) is 1. The summed E-state index contributed by atoms with van der Waals surface area (Å²) in [6, 6.07) is 5.21. The first-order chi connectivity index (χ1) is 5.79. The van der Waals surface area contributed by atoms with Crippen molar-refractivity contribution in [1.82, 2.24) is 4.90 Å². The van der Waals surface area contributed by atoms with Crippen molar-refractivity contribution in [2.75, 3.05) is 0 Å². The SMILES string of the molecule is O=CN1Cc2ccc(O)cc2C1. The van der Waals surface area contributed by atoms with Gasteiger partial charge in [-0.2, -0.15) is 0 Å². The molecule has 0 saturated heterocycles. The summed E-state index contributed by atoms with van der Waals surface area (Å²) in [5.41, 5.74) is 2.17. The van der Waals surface area contributed by atoms with E-state index in [0.29, 0.717) is 13.1 Å². The van der Waals surface area contributed by atoms with E-state index in [-0.39, 0.29) is 5.75 Å². The van der Waals surface area contributed by atoms with Crippen LogP contribution in [0.4, 0.5) is 0 Å². The lowest BCUT2D eigenvalue weighted by Crippen LogP contribution is -2.12. The van der Waals surface area contributed by atoms with Gasteiger partial charge in [-0.05, 0) is 23.3 Å². The van der Waals surface area contributed by atoms with Gasteiger partial charge in [0.05, 0.1) is 0 Å². The number of phenolic OH excluding ortho intramolecular Hbond substituents is 1. The highest BCUT2D eigenvalue weighted by molar-refractivity contribution is 5.51. The molecule has 1 N–H and O–H groups in total. The maximum atomic E-state index is 10.4. The van der Waals surface area contributed by atoms with Gasteiger partial charge >= 0.3 is 0 Å². The number of carbonyl (C=O) groups is 1. The Kier molecular flexibility index (Phi) is 1.50. The van der Waals surface area contributed by atoms with Crippen molar-refractivity contribution in [3.05, 3.63) is 29.3 Å². The van der Waals surface area contributed by atoms with Crippen LogP contribution in [0.2, 0.25) is 0 Å². The van der Waals surface area contributed by atoms with E-state index in [2.05, 4.69) is 0 Å². The predicted molar refractivity (Wildman–Crippen MR) is 43.4 cm³/mol. The zero-order chi connectivity index (χ0) is 8.55. The largest absolute Gasteiger partial charge is 0.508 e. The molecule has 62 valence electrons. The second-order valence-electron chi connectivity index (χ2n) is 2.96. The number of hydrogen-bond donors (Lipinski definition) is 1. The Labute approximate surface area is 70.2 Å². The summed E-state index contributed by atoms with van der Waals surface area (Å²) in [6.45, 7) is 1.28. The lowest BCUT2D eigenvalue weighted by Gasteiger charge is -2.04. The Hall–Kier alpha value is -1.51. The second-order valence-corrected chi connectivity index (χ2v) is 2.96. The molecule has 2 rings (SSSR count). The van der Waals surface area contributed by atoms with Crippen molar-refractivity contribution in [2.24, 2.45) is 0 Å². The van der Waals surface area contributed by atoms with Gasteiger partial charge in [-0.25, -0.2) is 0 Å². The van der Waals surface area contributed by atoms with Crippen LogP contribution in [-0.4, -0.2) is 16.4 Å². The minimum absolute atomic E-state index is 0.265. The molecule has 0 atom stereocenters. The molecule has 1 aliphatic rings. The third-order valence-electron chi connectivity index (χ3n) is 2.09. The van der Waals surface area contributed by atoms with Crippen LogP contribution < -0.4 is 0 Å². The normalized spacial score (nSPS) is 14.5. The van der Waals surface area contributed by atoms with Crippen LogP contribution >= 0.6 is 0 Å². The van der Waals surface area contributed by atoms with Gasteiger partial charge in [0.25, 0.3) is 0 Å². The summed E-state index contributed by atoms with van der Waals surface area (Å²) in [4.78, 5) is 12.1. The zero-order valence-corrected chi connectivity index (χ0v) is 6.53. The van der Waals surface area contributed by atoms with E-state index in [4.69, 9.17) is 5.11 Å². The fraction of sp³-hybridized carbons (Fsp3) is 0.222. The third-order valence-corrected chi connectivity index (χ3v) is 2.09. The molecule has 0 fully saturated rings. The Morgan fingerprint density at radius 1 is 1.33 bits per heavy atom. The smallest absolute Gasteiger partial charge is 0.210 e. The number of amides is 1. The first-order valence-electron chi connectivity index (χ1n) is 3.80. The number of phenols is 1. The highest BCUT2D eigenvalue weighted by Crippen LogP contribution is 2.24. The molecule has 1 amide bonds. The summed E-state index contributed by atoms with van der Waals surface area (Å²) in [5, 5.41) is 9.15.